The molecule has 0 saturated carbocycles. The lowest BCUT2D eigenvalue weighted by Gasteiger charge is -2.23. The minimum Gasteiger partial charge on any atom is -0.478 e. The van der Waals surface area contributed by atoms with E-state index in [-0.39, 0.29) is 12.1 Å². The number of aliphatic carboxylic acids is 1. The number of carbonyl (C=O) groups excluding carboxylic acids is 3. The van der Waals surface area contributed by atoms with Gasteiger partial charge in [0.05, 0.1) is 0 Å². The van der Waals surface area contributed by atoms with Crippen LogP contribution in [0.2, 0.25) is 0 Å². The summed E-state index contributed by atoms with van der Waals surface area (Å²) in [5, 5.41) is 9.38. The Morgan fingerprint density at radius 2 is 0.975 bits per heavy atom. The molecule has 0 rings (SSSR count). The zero-order chi connectivity index (χ0) is 30.0. The smallest absolute Gasteiger partial charge is 0.348 e. The molecule has 1 N–H and O–H groups in total. The molecule has 0 bridgehead atoms. The third kappa shape index (κ3) is 22.7. The minimum atomic E-state index is -1.50. The average molecular weight is 571 g/mol. The van der Waals surface area contributed by atoms with Gasteiger partial charge in [-0.1, -0.05) is 97.3 Å². The van der Waals surface area contributed by atoms with Crippen molar-refractivity contribution in [1.82, 2.24) is 0 Å². The van der Waals surface area contributed by atoms with Crippen LogP contribution < -0.4 is 0 Å². The first kappa shape index (κ1) is 37.9. The van der Waals surface area contributed by atoms with E-state index in [0.717, 1.165) is 71.1 Å². The third-order valence-corrected chi connectivity index (χ3v) is 7.12. The molecule has 0 aliphatic rings. The van der Waals surface area contributed by atoms with Crippen LogP contribution in [0.5, 0.6) is 0 Å². The van der Waals surface area contributed by atoms with Crippen molar-refractivity contribution in [3.8, 4) is 0 Å². The highest BCUT2D eigenvalue weighted by Gasteiger charge is 2.33. The van der Waals surface area contributed by atoms with E-state index in [2.05, 4.69) is 13.8 Å². The van der Waals surface area contributed by atoms with Crippen molar-refractivity contribution >= 4 is 23.9 Å². The van der Waals surface area contributed by atoms with Gasteiger partial charge < -0.3 is 19.3 Å². The largest absolute Gasteiger partial charge is 0.478 e. The Bertz CT molecular complexity index is 678. The fourth-order valence-corrected chi connectivity index (χ4v) is 4.91. The Kier molecular flexibility index (Phi) is 24.5. The molecule has 0 saturated heterocycles. The molecule has 0 aromatic heterocycles. The van der Waals surface area contributed by atoms with Crippen LogP contribution in [0, 0.1) is 0 Å². The van der Waals surface area contributed by atoms with Crippen LogP contribution in [0.15, 0.2) is 0 Å². The first-order chi connectivity index (χ1) is 19.2. The number of esters is 3. The van der Waals surface area contributed by atoms with Gasteiger partial charge in [0, 0.05) is 20.3 Å². The molecular weight excluding hydrogens is 512 g/mol. The zero-order valence-corrected chi connectivity index (χ0v) is 25.9. The molecule has 0 radical (unpaired) electrons. The summed E-state index contributed by atoms with van der Waals surface area (Å²) in [7, 11) is 0. The Labute approximate surface area is 243 Å². The Balaban J connectivity index is 4.35. The van der Waals surface area contributed by atoms with E-state index in [0.29, 0.717) is 19.3 Å². The Morgan fingerprint density at radius 1 is 0.550 bits per heavy atom. The molecule has 0 aromatic rings. The van der Waals surface area contributed by atoms with Crippen LogP contribution in [0.4, 0.5) is 0 Å². The van der Waals surface area contributed by atoms with Crippen LogP contribution >= 0.6 is 0 Å². The van der Waals surface area contributed by atoms with Crippen molar-refractivity contribution < 1.29 is 38.5 Å². The van der Waals surface area contributed by atoms with E-state index >= 15 is 0 Å². The predicted molar refractivity (Wildman–Crippen MR) is 157 cm³/mol. The average Bonchev–Trinajstić information content (AvgIpc) is 2.89. The number of unbranched alkanes of at least 4 members (excludes halogenated alkanes) is 14. The molecule has 0 heterocycles. The van der Waals surface area contributed by atoms with Crippen LogP contribution in [-0.2, 0) is 33.4 Å². The topological polar surface area (TPSA) is 116 Å². The van der Waals surface area contributed by atoms with Crippen molar-refractivity contribution in [2.24, 2.45) is 0 Å². The lowest BCUT2D eigenvalue weighted by molar-refractivity contribution is -0.178. The van der Waals surface area contributed by atoms with Gasteiger partial charge >= 0.3 is 23.9 Å². The normalized spacial score (nSPS) is 13.3. The van der Waals surface area contributed by atoms with Crippen molar-refractivity contribution in [2.45, 2.75) is 181 Å². The monoisotopic (exact) mass is 570 g/mol. The SMILES string of the molecule is CCCCCCCCCC(=O)OC(CCCCCC)CCCCCCCCC(OC(C)=O)C(OC(C)=O)C(=O)O. The first-order valence-corrected chi connectivity index (χ1v) is 16.0. The van der Waals surface area contributed by atoms with Crippen molar-refractivity contribution in [3.05, 3.63) is 0 Å². The number of carboxylic acid groups (broad SMARTS) is 1. The van der Waals surface area contributed by atoms with Gasteiger partial charge in [-0.15, -0.1) is 0 Å². The summed E-state index contributed by atoms with van der Waals surface area (Å²) < 4.78 is 15.9. The fourth-order valence-electron chi connectivity index (χ4n) is 4.91. The van der Waals surface area contributed by atoms with E-state index in [1.54, 1.807) is 0 Å². The molecule has 234 valence electrons. The molecule has 8 nitrogen and oxygen atoms in total. The van der Waals surface area contributed by atoms with Gasteiger partial charge in [-0.3, -0.25) is 14.4 Å². The molecule has 0 aliphatic heterocycles. The fraction of sp³-hybridized carbons (Fsp3) is 0.875. The van der Waals surface area contributed by atoms with Gasteiger partial charge in [-0.05, 0) is 44.9 Å². The number of hydrogen-bond donors (Lipinski definition) is 1. The van der Waals surface area contributed by atoms with Gasteiger partial charge in [0.1, 0.15) is 12.2 Å². The molecule has 3 unspecified atom stereocenters. The van der Waals surface area contributed by atoms with Crippen LogP contribution in [-0.4, -0.2) is 47.3 Å². The van der Waals surface area contributed by atoms with Gasteiger partial charge in [0.15, 0.2) is 0 Å². The van der Waals surface area contributed by atoms with Crippen LogP contribution in [0.25, 0.3) is 0 Å². The molecule has 0 fully saturated rings. The van der Waals surface area contributed by atoms with E-state index in [9.17, 15) is 24.3 Å². The second-order valence-corrected chi connectivity index (χ2v) is 11.0. The maximum atomic E-state index is 12.4. The standard InChI is InChI=1S/C32H58O8/c1-5-7-9-11-12-17-21-25-30(35)40-28(22-18-10-8-6-2)23-19-15-13-14-16-20-24-29(38-26(3)33)31(32(36)37)39-27(4)34/h28-29,31H,5-25H2,1-4H3,(H,36,37). The van der Waals surface area contributed by atoms with Gasteiger partial charge in [0.25, 0.3) is 0 Å². The molecular formula is C32H58O8. The van der Waals surface area contributed by atoms with Gasteiger partial charge in [-0.25, -0.2) is 4.79 Å². The molecule has 0 aromatic carbocycles. The minimum absolute atomic E-state index is 0.00706. The Morgan fingerprint density at radius 3 is 1.45 bits per heavy atom. The van der Waals surface area contributed by atoms with E-state index in [1.165, 1.54) is 58.3 Å². The first-order valence-electron chi connectivity index (χ1n) is 16.0. The van der Waals surface area contributed by atoms with Crippen molar-refractivity contribution in [2.75, 3.05) is 0 Å². The third-order valence-electron chi connectivity index (χ3n) is 7.12. The number of carboxylic acids is 1. The summed E-state index contributed by atoms with van der Waals surface area (Å²) in [4.78, 5) is 46.6. The highest BCUT2D eigenvalue weighted by Crippen LogP contribution is 2.19. The van der Waals surface area contributed by atoms with E-state index in [1.807, 2.05) is 0 Å². The summed E-state index contributed by atoms with van der Waals surface area (Å²) in [6, 6.07) is 0. The summed E-state index contributed by atoms with van der Waals surface area (Å²) in [5.41, 5.74) is 0. The van der Waals surface area contributed by atoms with Crippen LogP contribution in [0.1, 0.15) is 163 Å². The maximum absolute atomic E-state index is 12.4. The second kappa shape index (κ2) is 25.8. The van der Waals surface area contributed by atoms with E-state index in [4.69, 9.17) is 14.2 Å². The molecule has 0 aliphatic carbocycles. The number of ether oxygens (including phenoxy) is 3. The molecule has 3 atom stereocenters. The second-order valence-electron chi connectivity index (χ2n) is 11.0. The highest BCUT2D eigenvalue weighted by molar-refractivity contribution is 5.78. The lowest BCUT2D eigenvalue weighted by Crippen LogP contribution is -2.40. The zero-order valence-electron chi connectivity index (χ0n) is 25.9. The highest BCUT2D eigenvalue weighted by atomic mass is 16.6. The maximum Gasteiger partial charge on any atom is 0.348 e. The molecule has 0 spiro atoms. The summed E-state index contributed by atoms with van der Waals surface area (Å²) in [6.45, 7) is 6.76. The lowest BCUT2D eigenvalue weighted by atomic mass is 10.0. The number of hydrogen-bond acceptors (Lipinski definition) is 7. The quantitative estimate of drug-likeness (QED) is 0.0598. The van der Waals surface area contributed by atoms with Gasteiger partial charge in [-0.2, -0.15) is 0 Å². The summed E-state index contributed by atoms with van der Waals surface area (Å²) in [6.07, 6.45) is 18.7. The molecule has 0 amide bonds. The number of carbonyl (C=O) groups is 4. The summed E-state index contributed by atoms with van der Waals surface area (Å²) >= 11 is 0. The summed E-state index contributed by atoms with van der Waals surface area (Å²) in [5.74, 6) is -2.70. The van der Waals surface area contributed by atoms with Crippen LogP contribution in [0.3, 0.4) is 0 Å². The molecule has 8 heteroatoms. The van der Waals surface area contributed by atoms with E-state index < -0.39 is 30.1 Å². The predicted octanol–water partition coefficient (Wildman–Crippen LogP) is 8.08. The van der Waals surface area contributed by atoms with Gasteiger partial charge in [0.2, 0.25) is 6.10 Å². The van der Waals surface area contributed by atoms with Crippen molar-refractivity contribution in [1.29, 1.82) is 0 Å². The number of rotatable bonds is 27. The Hall–Kier alpha value is -2.12. The van der Waals surface area contributed by atoms with Crippen molar-refractivity contribution in [3.63, 3.8) is 0 Å². The molecule has 40 heavy (non-hydrogen) atoms.